The van der Waals surface area contributed by atoms with Crippen LogP contribution in [0.25, 0.3) is 0 Å². The van der Waals surface area contributed by atoms with E-state index >= 15 is 0 Å². The number of carbonyl (C=O) groups excluding carboxylic acids is 1. The average molecular weight is 311 g/mol. The second kappa shape index (κ2) is 6.32. The largest absolute Gasteiger partial charge is 0.304 e. The standard InChI is InChI=1S/C17H17N3OS/c1-11-5-7-13(8-6-11)10-14-16(21)20-17(22-14)19-15-12(2)4-3-9-18-15/h3-9,14H,10H2,1-2H3,(H,18,19,20,21). The SMILES string of the molecule is Cc1ccc(CC2S/C(=N\c3ncccc3C)NC2=O)cc1. The highest BCUT2D eigenvalue weighted by Crippen LogP contribution is 2.26. The molecule has 2 aromatic rings. The number of amidine groups is 1. The molecular weight excluding hydrogens is 294 g/mol. The zero-order chi connectivity index (χ0) is 15.5. The summed E-state index contributed by atoms with van der Waals surface area (Å²) in [5.41, 5.74) is 3.38. The van der Waals surface area contributed by atoms with E-state index in [-0.39, 0.29) is 11.2 Å². The van der Waals surface area contributed by atoms with Crippen LogP contribution in [0.15, 0.2) is 47.6 Å². The third kappa shape index (κ3) is 3.36. The van der Waals surface area contributed by atoms with Crippen LogP contribution in [0.4, 0.5) is 5.82 Å². The van der Waals surface area contributed by atoms with Crippen LogP contribution < -0.4 is 5.32 Å². The Bertz CT molecular complexity index is 725. The minimum atomic E-state index is -0.134. The van der Waals surface area contributed by atoms with Gasteiger partial charge in [-0.1, -0.05) is 47.7 Å². The van der Waals surface area contributed by atoms with E-state index in [0.29, 0.717) is 17.4 Å². The van der Waals surface area contributed by atoms with E-state index < -0.39 is 0 Å². The first kappa shape index (κ1) is 14.8. The molecule has 1 aliphatic rings. The van der Waals surface area contributed by atoms with E-state index in [0.717, 1.165) is 11.1 Å². The van der Waals surface area contributed by atoms with Gasteiger partial charge in [0.05, 0.1) is 5.25 Å². The summed E-state index contributed by atoms with van der Waals surface area (Å²) in [4.78, 5) is 20.8. The first-order valence-corrected chi connectivity index (χ1v) is 8.03. The fraction of sp³-hybridized carbons (Fsp3) is 0.235. The first-order chi connectivity index (χ1) is 10.6. The molecule has 1 saturated heterocycles. The molecule has 1 fully saturated rings. The minimum absolute atomic E-state index is 0.0120. The van der Waals surface area contributed by atoms with E-state index in [9.17, 15) is 4.79 Å². The Kier molecular flexibility index (Phi) is 4.24. The van der Waals surface area contributed by atoms with Crippen LogP contribution in [0.5, 0.6) is 0 Å². The van der Waals surface area contributed by atoms with Gasteiger partial charge in [-0.15, -0.1) is 0 Å². The molecule has 0 aliphatic carbocycles. The summed E-state index contributed by atoms with van der Waals surface area (Å²) in [5, 5.41) is 3.34. The molecule has 1 unspecified atom stereocenters. The van der Waals surface area contributed by atoms with Crippen molar-refractivity contribution in [2.24, 2.45) is 4.99 Å². The highest BCUT2D eigenvalue weighted by atomic mass is 32.2. The maximum absolute atomic E-state index is 12.1. The van der Waals surface area contributed by atoms with Gasteiger partial charge in [-0.25, -0.2) is 9.98 Å². The monoisotopic (exact) mass is 311 g/mol. The van der Waals surface area contributed by atoms with Crippen molar-refractivity contribution in [3.63, 3.8) is 0 Å². The molecule has 1 amide bonds. The summed E-state index contributed by atoms with van der Waals surface area (Å²) in [7, 11) is 0. The topological polar surface area (TPSA) is 54.4 Å². The maximum atomic E-state index is 12.1. The minimum Gasteiger partial charge on any atom is -0.304 e. The zero-order valence-corrected chi connectivity index (χ0v) is 13.4. The van der Waals surface area contributed by atoms with Crippen LogP contribution in [0.2, 0.25) is 0 Å². The number of amides is 1. The molecule has 1 aromatic carbocycles. The predicted molar refractivity (Wildman–Crippen MR) is 90.5 cm³/mol. The van der Waals surface area contributed by atoms with E-state index in [4.69, 9.17) is 0 Å². The molecule has 0 spiro atoms. The van der Waals surface area contributed by atoms with Crippen molar-refractivity contribution in [3.05, 3.63) is 59.3 Å². The van der Waals surface area contributed by atoms with Crippen molar-refractivity contribution in [3.8, 4) is 0 Å². The van der Waals surface area contributed by atoms with Gasteiger partial charge in [0.1, 0.15) is 0 Å². The van der Waals surface area contributed by atoms with Gasteiger partial charge in [0, 0.05) is 6.20 Å². The molecule has 112 valence electrons. The van der Waals surface area contributed by atoms with Crippen LogP contribution >= 0.6 is 11.8 Å². The maximum Gasteiger partial charge on any atom is 0.239 e. The lowest BCUT2D eigenvalue weighted by Crippen LogP contribution is -2.26. The Balaban J connectivity index is 1.73. The van der Waals surface area contributed by atoms with Gasteiger partial charge in [0.25, 0.3) is 0 Å². The first-order valence-electron chi connectivity index (χ1n) is 7.15. The van der Waals surface area contributed by atoms with E-state index in [1.54, 1.807) is 6.20 Å². The van der Waals surface area contributed by atoms with Gasteiger partial charge in [0.15, 0.2) is 11.0 Å². The summed E-state index contributed by atoms with van der Waals surface area (Å²) in [6.45, 7) is 4.01. The predicted octanol–water partition coefficient (Wildman–Crippen LogP) is 3.16. The van der Waals surface area contributed by atoms with Crippen molar-refractivity contribution in [2.45, 2.75) is 25.5 Å². The van der Waals surface area contributed by atoms with Crippen molar-refractivity contribution in [1.82, 2.24) is 10.3 Å². The average Bonchev–Trinajstić information content (AvgIpc) is 2.84. The molecule has 22 heavy (non-hydrogen) atoms. The Labute approximate surface area is 134 Å². The molecule has 0 bridgehead atoms. The summed E-state index contributed by atoms with van der Waals surface area (Å²) >= 11 is 1.47. The number of thioether (sulfide) groups is 1. The Morgan fingerprint density at radius 3 is 2.73 bits per heavy atom. The van der Waals surface area contributed by atoms with Crippen LogP contribution in [0, 0.1) is 13.8 Å². The van der Waals surface area contributed by atoms with Gasteiger partial charge in [0.2, 0.25) is 5.91 Å². The number of benzene rings is 1. The number of carbonyl (C=O) groups is 1. The molecule has 1 atom stereocenters. The third-order valence-corrected chi connectivity index (χ3v) is 4.59. The number of hydrogen-bond acceptors (Lipinski definition) is 4. The Morgan fingerprint density at radius 1 is 1.23 bits per heavy atom. The number of aromatic nitrogens is 1. The van der Waals surface area contributed by atoms with Crippen molar-refractivity contribution in [1.29, 1.82) is 0 Å². The molecule has 0 saturated carbocycles. The normalized spacial score (nSPS) is 19.5. The molecule has 3 rings (SSSR count). The molecule has 1 N–H and O–H groups in total. The fourth-order valence-corrected chi connectivity index (χ4v) is 3.23. The van der Waals surface area contributed by atoms with Crippen LogP contribution in [0.3, 0.4) is 0 Å². The van der Waals surface area contributed by atoms with Crippen molar-refractivity contribution < 1.29 is 4.79 Å². The number of rotatable bonds is 3. The quantitative estimate of drug-likeness (QED) is 0.947. The highest BCUT2D eigenvalue weighted by molar-refractivity contribution is 8.15. The molecule has 2 heterocycles. The fourth-order valence-electron chi connectivity index (χ4n) is 2.22. The van der Waals surface area contributed by atoms with E-state index in [2.05, 4.69) is 46.5 Å². The molecular formula is C17H17N3OS. The lowest BCUT2D eigenvalue weighted by atomic mass is 10.1. The number of aliphatic imine (C=N–C) groups is 1. The lowest BCUT2D eigenvalue weighted by Gasteiger charge is -2.05. The number of nitrogens with zero attached hydrogens (tertiary/aromatic N) is 2. The zero-order valence-electron chi connectivity index (χ0n) is 12.5. The summed E-state index contributed by atoms with van der Waals surface area (Å²) in [5.74, 6) is 0.666. The molecule has 1 aliphatic heterocycles. The third-order valence-electron chi connectivity index (χ3n) is 3.51. The number of nitrogens with one attached hydrogen (secondary N) is 1. The number of hydrogen-bond donors (Lipinski definition) is 1. The molecule has 1 aromatic heterocycles. The number of aryl methyl sites for hydroxylation is 2. The molecule has 5 heteroatoms. The summed E-state index contributed by atoms with van der Waals surface area (Å²) in [6, 6.07) is 12.1. The highest BCUT2D eigenvalue weighted by Gasteiger charge is 2.30. The van der Waals surface area contributed by atoms with Crippen LogP contribution in [-0.4, -0.2) is 21.3 Å². The van der Waals surface area contributed by atoms with Gasteiger partial charge in [-0.2, -0.15) is 0 Å². The van der Waals surface area contributed by atoms with Crippen LogP contribution in [0.1, 0.15) is 16.7 Å². The molecule has 4 nitrogen and oxygen atoms in total. The Hall–Kier alpha value is -2.14. The van der Waals surface area contributed by atoms with Gasteiger partial charge in [-0.05, 0) is 37.5 Å². The van der Waals surface area contributed by atoms with E-state index in [1.807, 2.05) is 19.1 Å². The lowest BCUT2D eigenvalue weighted by molar-refractivity contribution is -0.118. The second-order valence-electron chi connectivity index (χ2n) is 5.35. The van der Waals surface area contributed by atoms with Crippen LogP contribution in [-0.2, 0) is 11.2 Å². The Morgan fingerprint density at radius 2 is 2.00 bits per heavy atom. The molecule has 0 radical (unpaired) electrons. The smallest absolute Gasteiger partial charge is 0.239 e. The van der Waals surface area contributed by atoms with Gasteiger partial charge < -0.3 is 5.32 Å². The summed E-state index contributed by atoms with van der Waals surface area (Å²) in [6.07, 6.45) is 2.41. The van der Waals surface area contributed by atoms with Gasteiger partial charge >= 0.3 is 0 Å². The van der Waals surface area contributed by atoms with Crippen molar-refractivity contribution in [2.75, 3.05) is 0 Å². The van der Waals surface area contributed by atoms with Crippen molar-refractivity contribution >= 4 is 28.7 Å². The van der Waals surface area contributed by atoms with Gasteiger partial charge in [-0.3, -0.25) is 4.79 Å². The van der Waals surface area contributed by atoms with E-state index in [1.165, 1.54) is 17.3 Å². The second-order valence-corrected chi connectivity index (χ2v) is 6.54. The summed E-state index contributed by atoms with van der Waals surface area (Å²) < 4.78 is 0. The number of pyridine rings is 1.